The normalized spacial score (nSPS) is 12.2. The molecule has 0 saturated carbocycles. The zero-order valence-electron chi connectivity index (χ0n) is 12.6. The van der Waals surface area contributed by atoms with Gasteiger partial charge in [-0.2, -0.15) is 0 Å². The Morgan fingerprint density at radius 2 is 1.45 bits per heavy atom. The second kappa shape index (κ2) is 6.42. The highest BCUT2D eigenvalue weighted by atomic mass is 14.9. The van der Waals surface area contributed by atoms with Crippen molar-refractivity contribution in [2.45, 2.75) is 32.7 Å². The number of allylic oxidation sites excluding steroid dienone is 1. The lowest BCUT2D eigenvalue weighted by molar-refractivity contribution is 0.491. The maximum Gasteiger partial charge on any atom is 0.0284 e. The topological polar surface area (TPSA) is 12.0 Å². The van der Waals surface area contributed by atoms with Crippen LogP contribution in [0.2, 0.25) is 0 Å². The minimum Gasteiger partial charge on any atom is -0.386 e. The maximum atomic E-state index is 3.48. The molecular weight excluding hydrogens is 242 g/mol. The van der Waals surface area contributed by atoms with Gasteiger partial charge in [0.25, 0.3) is 0 Å². The van der Waals surface area contributed by atoms with Crippen LogP contribution >= 0.6 is 0 Å². The van der Waals surface area contributed by atoms with Crippen molar-refractivity contribution in [3.8, 4) is 0 Å². The van der Waals surface area contributed by atoms with E-state index in [-0.39, 0.29) is 5.54 Å². The van der Waals surface area contributed by atoms with Crippen LogP contribution in [0.4, 0.5) is 0 Å². The summed E-state index contributed by atoms with van der Waals surface area (Å²) in [4.78, 5) is 0. The summed E-state index contributed by atoms with van der Waals surface area (Å²) in [6.07, 6.45) is 3.09. The SMILES string of the molecule is CC(C)(C)N/C=C(/Cc1ccccc1)c1ccccc1. The number of benzene rings is 2. The fourth-order valence-corrected chi connectivity index (χ4v) is 2.01. The van der Waals surface area contributed by atoms with E-state index in [0.717, 1.165) is 6.42 Å². The van der Waals surface area contributed by atoms with E-state index in [4.69, 9.17) is 0 Å². The molecule has 0 unspecified atom stereocenters. The minimum absolute atomic E-state index is 0.0801. The summed E-state index contributed by atoms with van der Waals surface area (Å²) >= 11 is 0. The Balaban J connectivity index is 2.25. The van der Waals surface area contributed by atoms with Crippen LogP contribution in [0.3, 0.4) is 0 Å². The molecule has 0 aromatic heterocycles. The number of nitrogens with one attached hydrogen (secondary N) is 1. The Bertz CT molecular complexity index is 547. The molecule has 0 aliphatic carbocycles. The molecule has 0 atom stereocenters. The van der Waals surface area contributed by atoms with Gasteiger partial charge in [0.1, 0.15) is 0 Å². The summed E-state index contributed by atoms with van der Waals surface area (Å²) in [7, 11) is 0. The van der Waals surface area contributed by atoms with E-state index in [1.807, 2.05) is 0 Å². The van der Waals surface area contributed by atoms with Crippen molar-refractivity contribution in [1.29, 1.82) is 0 Å². The van der Waals surface area contributed by atoms with Crippen molar-refractivity contribution < 1.29 is 0 Å². The summed E-state index contributed by atoms with van der Waals surface area (Å²) in [6.45, 7) is 6.53. The van der Waals surface area contributed by atoms with E-state index < -0.39 is 0 Å². The number of rotatable bonds is 4. The Morgan fingerprint density at radius 1 is 0.900 bits per heavy atom. The first-order chi connectivity index (χ1) is 9.54. The van der Waals surface area contributed by atoms with Crippen molar-refractivity contribution >= 4 is 5.57 Å². The molecule has 0 heterocycles. The first-order valence-electron chi connectivity index (χ1n) is 7.11. The van der Waals surface area contributed by atoms with Crippen LogP contribution in [0, 0.1) is 0 Å². The fourth-order valence-electron chi connectivity index (χ4n) is 2.01. The lowest BCUT2D eigenvalue weighted by Gasteiger charge is -2.20. The van der Waals surface area contributed by atoms with Crippen LogP contribution in [0.5, 0.6) is 0 Å². The van der Waals surface area contributed by atoms with Crippen LogP contribution in [0.15, 0.2) is 66.9 Å². The maximum absolute atomic E-state index is 3.48. The van der Waals surface area contributed by atoms with E-state index >= 15 is 0 Å². The van der Waals surface area contributed by atoms with E-state index in [0.29, 0.717) is 0 Å². The largest absolute Gasteiger partial charge is 0.386 e. The van der Waals surface area contributed by atoms with Gasteiger partial charge < -0.3 is 5.32 Å². The van der Waals surface area contributed by atoms with Gasteiger partial charge in [0.2, 0.25) is 0 Å². The molecule has 0 bridgehead atoms. The molecule has 104 valence electrons. The second-order valence-electron chi connectivity index (χ2n) is 6.09. The predicted octanol–water partition coefficient (Wildman–Crippen LogP) is 4.66. The highest BCUT2D eigenvalue weighted by Gasteiger charge is 2.08. The van der Waals surface area contributed by atoms with Gasteiger partial charge in [-0.1, -0.05) is 60.7 Å². The molecule has 0 aliphatic rings. The highest BCUT2D eigenvalue weighted by Crippen LogP contribution is 2.19. The smallest absolute Gasteiger partial charge is 0.0284 e. The monoisotopic (exact) mass is 265 g/mol. The molecule has 1 N–H and O–H groups in total. The first kappa shape index (κ1) is 14.4. The van der Waals surface area contributed by atoms with Crippen molar-refractivity contribution in [3.63, 3.8) is 0 Å². The van der Waals surface area contributed by atoms with Gasteiger partial charge in [-0.15, -0.1) is 0 Å². The molecule has 1 heteroatoms. The van der Waals surface area contributed by atoms with Crippen molar-refractivity contribution in [2.24, 2.45) is 0 Å². The Morgan fingerprint density at radius 3 is 2.00 bits per heavy atom. The van der Waals surface area contributed by atoms with Gasteiger partial charge >= 0.3 is 0 Å². The molecule has 0 saturated heterocycles. The van der Waals surface area contributed by atoms with Crippen molar-refractivity contribution in [2.75, 3.05) is 0 Å². The summed E-state index contributed by atoms with van der Waals surface area (Å²) < 4.78 is 0. The molecule has 0 aliphatic heterocycles. The summed E-state index contributed by atoms with van der Waals surface area (Å²) in [6, 6.07) is 21.2. The lowest BCUT2D eigenvalue weighted by Crippen LogP contribution is -2.31. The molecule has 2 aromatic carbocycles. The molecule has 0 fully saturated rings. The summed E-state index contributed by atoms with van der Waals surface area (Å²) in [5.74, 6) is 0. The van der Waals surface area contributed by atoms with Gasteiger partial charge in [0, 0.05) is 11.7 Å². The molecular formula is C19H23N. The standard InChI is InChI=1S/C19H23N/c1-19(2,3)20-15-18(17-12-8-5-9-13-17)14-16-10-6-4-7-11-16/h4-13,15,20H,14H2,1-3H3/b18-15-. The van der Waals surface area contributed by atoms with E-state index in [1.54, 1.807) is 0 Å². The molecule has 0 radical (unpaired) electrons. The quantitative estimate of drug-likeness (QED) is 0.848. The molecule has 1 nitrogen and oxygen atoms in total. The first-order valence-corrected chi connectivity index (χ1v) is 7.11. The zero-order valence-corrected chi connectivity index (χ0v) is 12.6. The Labute approximate surface area is 122 Å². The molecule has 2 rings (SSSR count). The third-order valence-electron chi connectivity index (χ3n) is 3.06. The average molecular weight is 265 g/mol. The van der Waals surface area contributed by atoms with Gasteiger partial charge in [-0.25, -0.2) is 0 Å². The minimum atomic E-state index is 0.0801. The summed E-state index contributed by atoms with van der Waals surface area (Å²) in [5.41, 5.74) is 4.00. The van der Waals surface area contributed by atoms with Crippen LogP contribution in [0.25, 0.3) is 5.57 Å². The Hall–Kier alpha value is -2.02. The van der Waals surface area contributed by atoms with Crippen LogP contribution in [-0.4, -0.2) is 5.54 Å². The Kier molecular flexibility index (Phi) is 4.62. The van der Waals surface area contributed by atoms with Crippen LogP contribution in [-0.2, 0) is 6.42 Å². The average Bonchev–Trinajstić information content (AvgIpc) is 2.44. The number of hydrogen-bond acceptors (Lipinski definition) is 1. The molecule has 0 amide bonds. The lowest BCUT2D eigenvalue weighted by atomic mass is 9.98. The van der Waals surface area contributed by atoms with E-state index in [9.17, 15) is 0 Å². The van der Waals surface area contributed by atoms with Crippen molar-refractivity contribution in [3.05, 3.63) is 78.0 Å². The van der Waals surface area contributed by atoms with Crippen LogP contribution < -0.4 is 5.32 Å². The van der Waals surface area contributed by atoms with Gasteiger partial charge in [-0.05, 0) is 43.9 Å². The second-order valence-corrected chi connectivity index (χ2v) is 6.09. The molecule has 0 spiro atoms. The van der Waals surface area contributed by atoms with Crippen molar-refractivity contribution in [1.82, 2.24) is 5.32 Å². The third-order valence-corrected chi connectivity index (χ3v) is 3.06. The van der Waals surface area contributed by atoms with Gasteiger partial charge in [-0.3, -0.25) is 0 Å². The highest BCUT2D eigenvalue weighted by molar-refractivity contribution is 5.67. The van der Waals surface area contributed by atoms with E-state index in [1.165, 1.54) is 16.7 Å². The van der Waals surface area contributed by atoms with Crippen LogP contribution in [0.1, 0.15) is 31.9 Å². The van der Waals surface area contributed by atoms with Gasteiger partial charge in [0.05, 0.1) is 0 Å². The predicted molar refractivity (Wildman–Crippen MR) is 87.5 cm³/mol. The molecule has 2 aromatic rings. The summed E-state index contributed by atoms with van der Waals surface area (Å²) in [5, 5.41) is 3.48. The molecule has 20 heavy (non-hydrogen) atoms. The fraction of sp³-hybridized carbons (Fsp3) is 0.263. The third kappa shape index (κ3) is 4.58. The van der Waals surface area contributed by atoms with E-state index in [2.05, 4.69) is 93.0 Å². The van der Waals surface area contributed by atoms with Gasteiger partial charge in [0.15, 0.2) is 0 Å². The zero-order chi connectivity index (χ0) is 14.4. The number of hydrogen-bond donors (Lipinski definition) is 1.